The van der Waals surface area contributed by atoms with Crippen LogP contribution >= 0.6 is 11.3 Å². The Labute approximate surface area is 96.7 Å². The molecule has 0 atom stereocenters. The summed E-state index contributed by atoms with van der Waals surface area (Å²) in [4.78, 5) is 19.7. The molecule has 2 aromatic heterocycles. The smallest absolute Gasteiger partial charge is 0.357 e. The molecule has 0 unspecified atom stereocenters. The van der Waals surface area contributed by atoms with Gasteiger partial charge < -0.3 is 4.74 Å². The van der Waals surface area contributed by atoms with Crippen molar-refractivity contribution >= 4 is 17.3 Å². The maximum absolute atomic E-state index is 11.4. The first kappa shape index (κ1) is 10.8. The van der Waals surface area contributed by atoms with E-state index >= 15 is 0 Å². The molecule has 0 saturated carbocycles. The number of hydrogen-bond acceptors (Lipinski definition) is 5. The third kappa shape index (κ3) is 2.11. The molecule has 0 aliphatic carbocycles. The lowest BCUT2D eigenvalue weighted by molar-refractivity contribution is 0.0520. The Balaban J connectivity index is 2.22. The summed E-state index contributed by atoms with van der Waals surface area (Å²) in [5.74, 6) is -0.387. The number of nitrogens with zero attached hydrogens (tertiary/aromatic N) is 3. The molecule has 0 amide bonds. The maximum Gasteiger partial charge on any atom is 0.357 e. The Kier molecular flexibility index (Phi) is 3.00. The van der Waals surface area contributed by atoms with Crippen molar-refractivity contribution in [1.82, 2.24) is 14.5 Å². The predicted molar refractivity (Wildman–Crippen MR) is 59.9 cm³/mol. The van der Waals surface area contributed by atoms with Crippen LogP contribution in [-0.2, 0) is 4.74 Å². The van der Waals surface area contributed by atoms with Crippen molar-refractivity contribution in [3.8, 4) is 5.13 Å². The number of thiazole rings is 1. The van der Waals surface area contributed by atoms with Crippen molar-refractivity contribution in [3.05, 3.63) is 29.3 Å². The second-order valence-corrected chi connectivity index (χ2v) is 3.99. The Bertz CT molecular complexity index is 504. The largest absolute Gasteiger partial charge is 0.461 e. The minimum absolute atomic E-state index is 0.341. The number of hydrogen-bond donors (Lipinski definition) is 0. The first-order valence-electron chi connectivity index (χ1n) is 4.84. The van der Waals surface area contributed by atoms with Crippen LogP contribution in [0.3, 0.4) is 0 Å². The van der Waals surface area contributed by atoms with Crippen molar-refractivity contribution in [1.29, 1.82) is 0 Å². The van der Waals surface area contributed by atoms with Gasteiger partial charge in [-0.05, 0) is 13.8 Å². The molecule has 0 aromatic carbocycles. The molecule has 6 heteroatoms. The van der Waals surface area contributed by atoms with E-state index in [2.05, 4.69) is 9.97 Å². The lowest BCUT2D eigenvalue weighted by Crippen LogP contribution is -2.05. The molecule has 0 N–H and O–H groups in total. The van der Waals surface area contributed by atoms with Gasteiger partial charge in [-0.2, -0.15) is 0 Å². The van der Waals surface area contributed by atoms with Crippen LogP contribution in [0.4, 0.5) is 0 Å². The number of rotatable bonds is 3. The van der Waals surface area contributed by atoms with Gasteiger partial charge in [0.05, 0.1) is 12.3 Å². The summed E-state index contributed by atoms with van der Waals surface area (Å²) in [5.41, 5.74) is 1.25. The molecule has 2 rings (SSSR count). The van der Waals surface area contributed by atoms with E-state index in [9.17, 15) is 4.79 Å². The van der Waals surface area contributed by atoms with Crippen molar-refractivity contribution in [2.24, 2.45) is 0 Å². The van der Waals surface area contributed by atoms with E-state index in [-0.39, 0.29) is 5.97 Å². The zero-order valence-corrected chi connectivity index (χ0v) is 9.82. The van der Waals surface area contributed by atoms with Crippen LogP contribution in [0.2, 0.25) is 0 Å². The average molecular weight is 237 g/mol. The molecule has 0 fully saturated rings. The fraction of sp³-hybridized carbons (Fsp3) is 0.300. The van der Waals surface area contributed by atoms with Crippen LogP contribution in [-0.4, -0.2) is 27.1 Å². The number of ether oxygens (including phenoxy) is 1. The molecule has 84 valence electrons. The van der Waals surface area contributed by atoms with E-state index in [1.807, 2.05) is 13.1 Å². The standard InChI is InChI=1S/C10H11N3O2S/c1-3-15-9(14)8-5-16-10(12-8)13-4-7(2)11-6-13/h4-6H,3H2,1-2H3. The van der Waals surface area contributed by atoms with Gasteiger partial charge in [0.1, 0.15) is 6.33 Å². The minimum atomic E-state index is -0.387. The van der Waals surface area contributed by atoms with Gasteiger partial charge in [0.25, 0.3) is 0 Å². The number of carbonyl (C=O) groups is 1. The quantitative estimate of drug-likeness (QED) is 0.764. The molecule has 0 aliphatic heterocycles. The summed E-state index contributed by atoms with van der Waals surface area (Å²) in [6.07, 6.45) is 3.52. The minimum Gasteiger partial charge on any atom is -0.461 e. The average Bonchev–Trinajstić information content (AvgIpc) is 2.85. The second kappa shape index (κ2) is 4.44. The monoisotopic (exact) mass is 237 g/mol. The molecule has 2 heterocycles. The highest BCUT2D eigenvalue weighted by Crippen LogP contribution is 2.15. The second-order valence-electron chi connectivity index (χ2n) is 3.16. The molecule has 5 nitrogen and oxygen atoms in total. The lowest BCUT2D eigenvalue weighted by Gasteiger charge is -1.96. The van der Waals surface area contributed by atoms with Crippen molar-refractivity contribution in [2.75, 3.05) is 6.61 Å². The van der Waals surface area contributed by atoms with E-state index in [0.29, 0.717) is 17.4 Å². The zero-order chi connectivity index (χ0) is 11.5. The number of imidazole rings is 1. The molecule has 0 radical (unpaired) electrons. The van der Waals surface area contributed by atoms with Gasteiger partial charge in [-0.25, -0.2) is 14.8 Å². The van der Waals surface area contributed by atoms with Gasteiger partial charge in [0.15, 0.2) is 10.8 Å². The Morgan fingerprint density at radius 3 is 3.06 bits per heavy atom. The molecular formula is C10H11N3O2S. The Hall–Kier alpha value is -1.69. The summed E-state index contributed by atoms with van der Waals surface area (Å²) in [7, 11) is 0. The van der Waals surface area contributed by atoms with Gasteiger partial charge in [0.2, 0.25) is 0 Å². The predicted octanol–water partition coefficient (Wildman–Crippen LogP) is 1.81. The summed E-state index contributed by atoms with van der Waals surface area (Å²) in [6, 6.07) is 0. The number of aromatic nitrogens is 3. The van der Waals surface area contributed by atoms with E-state index in [0.717, 1.165) is 5.69 Å². The van der Waals surface area contributed by atoms with Crippen molar-refractivity contribution in [2.45, 2.75) is 13.8 Å². The van der Waals surface area contributed by atoms with Crippen LogP contribution in [0.1, 0.15) is 23.1 Å². The Morgan fingerprint density at radius 1 is 1.62 bits per heavy atom. The summed E-state index contributed by atoms with van der Waals surface area (Å²) < 4.78 is 6.64. The fourth-order valence-electron chi connectivity index (χ4n) is 1.21. The molecule has 0 bridgehead atoms. The van der Waals surface area contributed by atoms with Crippen LogP contribution in [0.5, 0.6) is 0 Å². The van der Waals surface area contributed by atoms with Gasteiger partial charge >= 0.3 is 5.97 Å². The molecule has 0 saturated heterocycles. The number of aryl methyl sites for hydroxylation is 1. The summed E-state index contributed by atoms with van der Waals surface area (Å²) >= 11 is 1.38. The summed E-state index contributed by atoms with van der Waals surface area (Å²) in [5, 5.41) is 2.39. The van der Waals surface area contributed by atoms with Crippen LogP contribution < -0.4 is 0 Å². The number of esters is 1. The molecule has 16 heavy (non-hydrogen) atoms. The lowest BCUT2D eigenvalue weighted by atomic mass is 10.5. The van der Waals surface area contributed by atoms with Gasteiger partial charge in [-0.15, -0.1) is 11.3 Å². The fourth-order valence-corrected chi connectivity index (χ4v) is 1.95. The van der Waals surface area contributed by atoms with Crippen LogP contribution in [0, 0.1) is 6.92 Å². The van der Waals surface area contributed by atoms with Gasteiger partial charge in [-0.1, -0.05) is 0 Å². The van der Waals surface area contributed by atoms with Gasteiger partial charge in [-0.3, -0.25) is 4.57 Å². The summed E-state index contributed by atoms with van der Waals surface area (Å²) in [6.45, 7) is 4.02. The third-order valence-corrected chi connectivity index (χ3v) is 2.76. The first-order valence-corrected chi connectivity index (χ1v) is 5.72. The number of carbonyl (C=O) groups excluding carboxylic acids is 1. The molecule has 0 spiro atoms. The maximum atomic E-state index is 11.4. The highest BCUT2D eigenvalue weighted by molar-refractivity contribution is 7.12. The van der Waals surface area contributed by atoms with Crippen molar-refractivity contribution < 1.29 is 9.53 Å². The highest BCUT2D eigenvalue weighted by Gasteiger charge is 2.12. The normalized spacial score (nSPS) is 10.4. The molecule has 0 aliphatic rings. The Morgan fingerprint density at radius 2 is 2.44 bits per heavy atom. The van der Waals surface area contributed by atoms with E-state index in [1.165, 1.54) is 11.3 Å². The molecular weight excluding hydrogens is 226 g/mol. The topological polar surface area (TPSA) is 57.0 Å². The van der Waals surface area contributed by atoms with E-state index < -0.39 is 0 Å². The van der Waals surface area contributed by atoms with Crippen LogP contribution in [0.25, 0.3) is 5.13 Å². The first-order chi connectivity index (χ1) is 7.70. The zero-order valence-electron chi connectivity index (χ0n) is 9.01. The van der Waals surface area contributed by atoms with Gasteiger partial charge in [0, 0.05) is 11.6 Å². The SMILES string of the molecule is CCOC(=O)c1csc(-n2cnc(C)c2)n1. The van der Waals surface area contributed by atoms with E-state index in [1.54, 1.807) is 23.2 Å². The van der Waals surface area contributed by atoms with E-state index in [4.69, 9.17) is 4.74 Å². The third-order valence-electron chi connectivity index (χ3n) is 1.91. The van der Waals surface area contributed by atoms with Crippen LogP contribution in [0.15, 0.2) is 17.9 Å². The molecule has 2 aromatic rings. The van der Waals surface area contributed by atoms with Crippen molar-refractivity contribution in [3.63, 3.8) is 0 Å². The highest BCUT2D eigenvalue weighted by atomic mass is 32.1.